The van der Waals surface area contributed by atoms with E-state index in [-0.39, 0.29) is 5.56 Å². The molecule has 0 aliphatic heterocycles. The molecule has 2 aromatic carbocycles. The van der Waals surface area contributed by atoms with E-state index in [2.05, 4.69) is 19.2 Å². The molecule has 122 valence electrons. The van der Waals surface area contributed by atoms with E-state index in [9.17, 15) is 4.79 Å². The predicted molar refractivity (Wildman–Crippen MR) is 92.5 cm³/mol. The van der Waals surface area contributed by atoms with Gasteiger partial charge in [0, 0.05) is 17.6 Å². The van der Waals surface area contributed by atoms with Crippen LogP contribution in [0.5, 0.6) is 5.75 Å². The quantitative estimate of drug-likeness (QED) is 0.772. The van der Waals surface area contributed by atoms with E-state index in [1.807, 2.05) is 12.1 Å². The van der Waals surface area contributed by atoms with Gasteiger partial charge in [0.05, 0.1) is 11.3 Å². The average molecular weight is 334 g/mol. The Labute approximate surface area is 141 Å². The molecule has 23 heavy (non-hydrogen) atoms. The van der Waals surface area contributed by atoms with Crippen molar-refractivity contribution >= 4 is 23.3 Å². The maximum Gasteiger partial charge on any atom is 0.335 e. The lowest BCUT2D eigenvalue weighted by Crippen LogP contribution is -2.09. The number of ether oxygens (including phenoxy) is 1. The molecule has 0 aliphatic rings. The second kappa shape index (κ2) is 7.88. The highest BCUT2D eigenvalue weighted by Crippen LogP contribution is 2.29. The summed E-state index contributed by atoms with van der Waals surface area (Å²) in [6, 6.07) is 12.1. The number of halogens is 1. The van der Waals surface area contributed by atoms with Gasteiger partial charge < -0.3 is 15.2 Å². The van der Waals surface area contributed by atoms with Crippen LogP contribution in [0, 0.1) is 5.92 Å². The molecule has 0 unspecified atom stereocenters. The molecule has 4 nitrogen and oxygen atoms in total. The average Bonchev–Trinajstić information content (AvgIpc) is 2.52. The fraction of sp³-hybridized carbons (Fsp3) is 0.278. The summed E-state index contributed by atoms with van der Waals surface area (Å²) in [5.74, 6) is 0.259. The highest BCUT2D eigenvalue weighted by atomic mass is 35.5. The summed E-state index contributed by atoms with van der Waals surface area (Å²) in [5.41, 5.74) is 2.05. The van der Waals surface area contributed by atoms with Crippen molar-refractivity contribution in [1.29, 1.82) is 0 Å². The number of carbonyl (C=O) groups is 1. The lowest BCUT2D eigenvalue weighted by atomic mass is 10.1. The van der Waals surface area contributed by atoms with Gasteiger partial charge in [-0.25, -0.2) is 4.79 Å². The van der Waals surface area contributed by atoms with Crippen molar-refractivity contribution in [3.05, 3.63) is 58.6 Å². The molecule has 0 saturated heterocycles. The van der Waals surface area contributed by atoms with Crippen LogP contribution in [0.1, 0.15) is 29.8 Å². The molecule has 5 heteroatoms. The largest absolute Gasteiger partial charge is 0.487 e. The third-order valence-electron chi connectivity index (χ3n) is 3.24. The van der Waals surface area contributed by atoms with Gasteiger partial charge in [-0.15, -0.1) is 0 Å². The maximum atomic E-state index is 10.8. The van der Waals surface area contributed by atoms with E-state index in [0.717, 1.165) is 17.8 Å². The van der Waals surface area contributed by atoms with Gasteiger partial charge in [-0.3, -0.25) is 0 Å². The van der Waals surface area contributed by atoms with Crippen molar-refractivity contribution in [1.82, 2.24) is 0 Å². The first-order chi connectivity index (χ1) is 11.0. The first-order valence-electron chi connectivity index (χ1n) is 7.44. The fourth-order valence-corrected chi connectivity index (χ4v) is 2.14. The van der Waals surface area contributed by atoms with Crippen LogP contribution in [0.15, 0.2) is 42.5 Å². The van der Waals surface area contributed by atoms with Gasteiger partial charge in [0.2, 0.25) is 0 Å². The third kappa shape index (κ3) is 5.18. The van der Waals surface area contributed by atoms with Crippen LogP contribution in [-0.2, 0) is 6.61 Å². The van der Waals surface area contributed by atoms with Crippen LogP contribution in [0.2, 0.25) is 5.02 Å². The summed E-state index contributed by atoms with van der Waals surface area (Å²) < 4.78 is 5.84. The minimum absolute atomic E-state index is 0.260. The molecule has 0 radical (unpaired) electrons. The molecule has 0 saturated carbocycles. The number of carboxylic acid groups (broad SMARTS) is 1. The third-order valence-corrected chi connectivity index (χ3v) is 3.47. The summed E-state index contributed by atoms with van der Waals surface area (Å²) >= 11 is 6.04. The number of rotatable bonds is 7. The van der Waals surface area contributed by atoms with Crippen LogP contribution in [0.3, 0.4) is 0 Å². The first-order valence-corrected chi connectivity index (χ1v) is 7.82. The molecule has 0 amide bonds. The van der Waals surface area contributed by atoms with Crippen LogP contribution in [-0.4, -0.2) is 17.6 Å². The molecule has 2 N–H and O–H groups in total. The molecular weight excluding hydrogens is 314 g/mol. The molecular formula is C18H20ClNO3. The van der Waals surface area contributed by atoms with Gasteiger partial charge in [0.1, 0.15) is 12.4 Å². The summed E-state index contributed by atoms with van der Waals surface area (Å²) in [6.07, 6.45) is 0. The zero-order chi connectivity index (χ0) is 16.8. The smallest absolute Gasteiger partial charge is 0.335 e. The zero-order valence-corrected chi connectivity index (χ0v) is 13.9. The van der Waals surface area contributed by atoms with Gasteiger partial charge in [0.25, 0.3) is 0 Å². The van der Waals surface area contributed by atoms with Crippen LogP contribution in [0.25, 0.3) is 0 Å². The molecule has 0 spiro atoms. The number of carboxylic acids is 1. The summed E-state index contributed by atoms with van der Waals surface area (Å²) in [5, 5.41) is 12.8. The fourth-order valence-electron chi connectivity index (χ4n) is 1.98. The highest BCUT2D eigenvalue weighted by Gasteiger charge is 2.07. The first kappa shape index (κ1) is 17.2. The van der Waals surface area contributed by atoms with E-state index in [4.69, 9.17) is 21.4 Å². The Morgan fingerprint density at radius 2 is 1.91 bits per heavy atom. The minimum Gasteiger partial charge on any atom is -0.487 e. The van der Waals surface area contributed by atoms with Crippen LogP contribution >= 0.6 is 11.6 Å². The number of benzene rings is 2. The summed E-state index contributed by atoms with van der Waals surface area (Å²) in [7, 11) is 0. The lowest BCUT2D eigenvalue weighted by molar-refractivity contribution is 0.0697. The van der Waals surface area contributed by atoms with Crippen LogP contribution < -0.4 is 10.1 Å². The Hall–Kier alpha value is -2.20. The normalized spacial score (nSPS) is 10.6. The number of hydrogen-bond donors (Lipinski definition) is 2. The van der Waals surface area contributed by atoms with E-state index in [1.165, 1.54) is 0 Å². The van der Waals surface area contributed by atoms with E-state index < -0.39 is 5.97 Å². The van der Waals surface area contributed by atoms with Crippen molar-refractivity contribution in [2.75, 3.05) is 11.9 Å². The van der Waals surface area contributed by atoms with E-state index in [1.54, 1.807) is 30.3 Å². The predicted octanol–water partition coefficient (Wildman–Crippen LogP) is 4.69. The highest BCUT2D eigenvalue weighted by molar-refractivity contribution is 6.30. The van der Waals surface area contributed by atoms with E-state index in [0.29, 0.717) is 23.3 Å². The van der Waals surface area contributed by atoms with Gasteiger partial charge >= 0.3 is 5.97 Å². The summed E-state index contributed by atoms with van der Waals surface area (Å²) in [4.78, 5) is 10.8. The van der Waals surface area contributed by atoms with Gasteiger partial charge in [-0.1, -0.05) is 37.6 Å². The molecule has 0 atom stereocenters. The number of aromatic carboxylic acids is 1. The second-order valence-electron chi connectivity index (χ2n) is 5.71. The Morgan fingerprint density at radius 1 is 1.22 bits per heavy atom. The van der Waals surface area contributed by atoms with Crippen molar-refractivity contribution in [2.24, 2.45) is 5.92 Å². The molecule has 2 rings (SSSR count). The number of hydrogen-bond acceptors (Lipinski definition) is 3. The Bertz CT molecular complexity index is 668. The SMILES string of the molecule is CC(C)CNc1ccc(Cl)cc1OCc1ccc(C(=O)O)cc1. The molecule has 0 aromatic heterocycles. The minimum atomic E-state index is -0.938. The number of nitrogens with one attached hydrogen (secondary N) is 1. The molecule has 0 fully saturated rings. The lowest BCUT2D eigenvalue weighted by Gasteiger charge is -2.15. The molecule has 0 aliphatic carbocycles. The zero-order valence-electron chi connectivity index (χ0n) is 13.2. The van der Waals surface area contributed by atoms with Crippen molar-refractivity contribution in [2.45, 2.75) is 20.5 Å². The molecule has 0 heterocycles. The maximum absolute atomic E-state index is 10.8. The van der Waals surface area contributed by atoms with Gasteiger partial charge in [-0.05, 0) is 35.7 Å². The van der Waals surface area contributed by atoms with Gasteiger partial charge in [0.15, 0.2) is 0 Å². The Kier molecular flexibility index (Phi) is 5.88. The van der Waals surface area contributed by atoms with E-state index >= 15 is 0 Å². The van der Waals surface area contributed by atoms with Crippen molar-refractivity contribution < 1.29 is 14.6 Å². The monoisotopic (exact) mass is 333 g/mol. The molecule has 0 bridgehead atoms. The Morgan fingerprint density at radius 3 is 2.52 bits per heavy atom. The second-order valence-corrected chi connectivity index (χ2v) is 6.14. The van der Waals surface area contributed by atoms with Gasteiger partial charge in [-0.2, -0.15) is 0 Å². The Balaban J connectivity index is 2.06. The summed E-state index contributed by atoms with van der Waals surface area (Å²) in [6.45, 7) is 5.45. The van der Waals surface area contributed by atoms with Crippen molar-refractivity contribution in [3.63, 3.8) is 0 Å². The van der Waals surface area contributed by atoms with Crippen LogP contribution in [0.4, 0.5) is 5.69 Å². The standard InChI is InChI=1S/C18H20ClNO3/c1-12(2)10-20-16-8-7-15(19)9-17(16)23-11-13-3-5-14(6-4-13)18(21)22/h3-9,12,20H,10-11H2,1-2H3,(H,21,22). The topological polar surface area (TPSA) is 58.6 Å². The number of anilines is 1. The molecule has 2 aromatic rings. The van der Waals surface area contributed by atoms with Crippen molar-refractivity contribution in [3.8, 4) is 5.75 Å².